The van der Waals surface area contributed by atoms with E-state index in [-0.39, 0.29) is 18.2 Å². The number of rotatable bonds is 7. The summed E-state index contributed by atoms with van der Waals surface area (Å²) in [6.45, 7) is 0.655. The molecule has 124 valence electrons. The third kappa shape index (κ3) is 7.72. The molecule has 2 rings (SSSR count). The average molecular weight is 319 g/mol. The Kier molecular flexibility index (Phi) is 8.01. The maximum Gasteiger partial charge on any atom is 0.248 e. The van der Waals surface area contributed by atoms with Crippen molar-refractivity contribution >= 4 is 11.8 Å². The lowest BCUT2D eigenvalue weighted by Gasteiger charge is -1.92. The minimum Gasteiger partial charge on any atom is -0.425 e. The zero-order valence-corrected chi connectivity index (χ0v) is 12.8. The van der Waals surface area contributed by atoms with Crippen LogP contribution >= 0.6 is 0 Å². The van der Waals surface area contributed by atoms with Crippen molar-refractivity contribution < 1.29 is 14.0 Å². The summed E-state index contributed by atoms with van der Waals surface area (Å²) < 4.78 is 5.18. The zero-order chi connectivity index (χ0) is 17.1. The molecule has 0 bridgehead atoms. The van der Waals surface area contributed by atoms with E-state index in [1.54, 1.807) is 24.3 Å². The maximum atomic E-state index is 10.5. The van der Waals surface area contributed by atoms with Crippen molar-refractivity contribution in [1.82, 2.24) is 10.2 Å². The Labute approximate surface area is 134 Å². The van der Waals surface area contributed by atoms with Gasteiger partial charge in [-0.15, -0.1) is 10.2 Å². The molecule has 8 nitrogen and oxygen atoms in total. The molecule has 0 atom stereocenters. The fraction of sp³-hybridized carbons (Fsp3) is 0.333. The Morgan fingerprint density at radius 2 is 1.65 bits per heavy atom. The number of benzene rings is 1. The average Bonchev–Trinajstić information content (AvgIpc) is 2.96. The van der Waals surface area contributed by atoms with Crippen molar-refractivity contribution in [3.63, 3.8) is 0 Å². The van der Waals surface area contributed by atoms with Gasteiger partial charge in [0.1, 0.15) is 6.42 Å². The second-order valence-electron chi connectivity index (χ2n) is 4.71. The molecule has 0 unspecified atom stereocenters. The van der Waals surface area contributed by atoms with E-state index < -0.39 is 5.91 Å². The molecular formula is C15H21N5O3. The van der Waals surface area contributed by atoms with E-state index in [2.05, 4.69) is 10.2 Å². The quantitative estimate of drug-likeness (QED) is 0.618. The van der Waals surface area contributed by atoms with Crippen molar-refractivity contribution in [3.8, 4) is 0 Å². The van der Waals surface area contributed by atoms with E-state index in [1.807, 2.05) is 6.07 Å². The Morgan fingerprint density at radius 3 is 2.17 bits per heavy atom. The highest BCUT2D eigenvalue weighted by atomic mass is 16.4. The number of carbonyl (C=O) groups excluding carboxylic acids is 2. The molecule has 6 N–H and O–H groups in total. The Bertz CT molecular complexity index is 613. The first kappa shape index (κ1) is 18.3. The molecule has 0 radical (unpaired) electrons. The van der Waals surface area contributed by atoms with Crippen LogP contribution in [0.2, 0.25) is 0 Å². The van der Waals surface area contributed by atoms with E-state index in [4.69, 9.17) is 21.6 Å². The topological polar surface area (TPSA) is 151 Å². The Hall–Kier alpha value is -2.74. The van der Waals surface area contributed by atoms with Gasteiger partial charge in [-0.2, -0.15) is 0 Å². The highest BCUT2D eigenvalue weighted by Crippen LogP contribution is 2.04. The molecule has 23 heavy (non-hydrogen) atoms. The molecule has 0 aliphatic heterocycles. The second kappa shape index (κ2) is 10.1. The number of nitrogens with zero attached hydrogens (tertiary/aromatic N) is 2. The first-order valence-corrected chi connectivity index (χ1v) is 7.17. The number of carbonyl (C=O) groups is 2. The Morgan fingerprint density at radius 1 is 1.00 bits per heavy atom. The molecular weight excluding hydrogens is 298 g/mol. The summed E-state index contributed by atoms with van der Waals surface area (Å²) in [7, 11) is 0. The number of hydrogen-bond donors (Lipinski definition) is 3. The van der Waals surface area contributed by atoms with Crippen LogP contribution in [-0.4, -0.2) is 28.6 Å². The van der Waals surface area contributed by atoms with Crippen LogP contribution in [0.5, 0.6) is 0 Å². The van der Waals surface area contributed by atoms with Gasteiger partial charge < -0.3 is 21.6 Å². The summed E-state index contributed by atoms with van der Waals surface area (Å²) in [6.07, 6.45) is 2.54. The van der Waals surface area contributed by atoms with Crippen LogP contribution < -0.4 is 17.2 Å². The second-order valence-corrected chi connectivity index (χ2v) is 4.71. The van der Waals surface area contributed by atoms with Gasteiger partial charge in [0.2, 0.25) is 23.6 Å². The summed E-state index contributed by atoms with van der Waals surface area (Å²) in [5.74, 6) is -0.0345. The van der Waals surface area contributed by atoms with Gasteiger partial charge in [0, 0.05) is 12.0 Å². The summed E-state index contributed by atoms with van der Waals surface area (Å²) in [6, 6.07) is 8.76. The minimum atomic E-state index is -0.470. The lowest BCUT2D eigenvalue weighted by Crippen LogP contribution is -2.13. The molecule has 0 aliphatic carbocycles. The number of aromatic nitrogens is 2. The van der Waals surface area contributed by atoms with Crippen molar-refractivity contribution in [2.24, 2.45) is 17.2 Å². The molecule has 1 heterocycles. The van der Waals surface area contributed by atoms with Gasteiger partial charge in [-0.05, 0) is 31.5 Å². The van der Waals surface area contributed by atoms with Crippen molar-refractivity contribution in [2.45, 2.75) is 25.7 Å². The van der Waals surface area contributed by atoms with E-state index in [0.717, 1.165) is 12.8 Å². The van der Waals surface area contributed by atoms with E-state index in [9.17, 15) is 9.59 Å². The van der Waals surface area contributed by atoms with Crippen molar-refractivity contribution in [1.29, 1.82) is 0 Å². The van der Waals surface area contributed by atoms with Gasteiger partial charge in [0.25, 0.3) is 0 Å². The summed E-state index contributed by atoms with van der Waals surface area (Å²) in [5.41, 5.74) is 15.8. The standard InChI is InChI=1S/C8H14N4O2.C7H7NO/c9-4-2-1-3-7-11-12-8(14-7)5-6(10)13;8-7(9)6-4-2-1-3-5-6/h1-5,9H2,(H2,10,13);1-5H,(H2,8,9). The monoisotopic (exact) mass is 319 g/mol. The highest BCUT2D eigenvalue weighted by Gasteiger charge is 2.07. The third-order valence-electron chi connectivity index (χ3n) is 2.74. The van der Waals surface area contributed by atoms with Crippen molar-refractivity contribution in [2.75, 3.05) is 6.54 Å². The van der Waals surface area contributed by atoms with Gasteiger partial charge in [-0.3, -0.25) is 9.59 Å². The normalized spacial score (nSPS) is 9.78. The van der Waals surface area contributed by atoms with Gasteiger partial charge >= 0.3 is 0 Å². The third-order valence-corrected chi connectivity index (χ3v) is 2.74. The highest BCUT2D eigenvalue weighted by molar-refractivity contribution is 5.92. The van der Waals surface area contributed by atoms with Crippen LogP contribution in [-0.2, 0) is 17.6 Å². The number of unbranched alkanes of at least 4 members (excludes halogenated alkanes) is 1. The number of amides is 2. The van der Waals surface area contributed by atoms with Crippen LogP contribution in [0.25, 0.3) is 0 Å². The molecule has 2 aromatic rings. The van der Waals surface area contributed by atoms with Gasteiger partial charge in [0.15, 0.2) is 0 Å². The molecule has 1 aromatic carbocycles. The van der Waals surface area contributed by atoms with Gasteiger partial charge in [0.05, 0.1) is 0 Å². The largest absolute Gasteiger partial charge is 0.425 e. The molecule has 8 heteroatoms. The summed E-state index contributed by atoms with van der Waals surface area (Å²) in [4.78, 5) is 20.9. The van der Waals surface area contributed by atoms with Crippen molar-refractivity contribution in [3.05, 3.63) is 47.7 Å². The summed E-state index contributed by atoms with van der Waals surface area (Å²) >= 11 is 0. The molecule has 0 fully saturated rings. The van der Waals surface area contributed by atoms with Crippen LogP contribution in [0.3, 0.4) is 0 Å². The predicted molar refractivity (Wildman–Crippen MR) is 84.1 cm³/mol. The zero-order valence-electron chi connectivity index (χ0n) is 12.8. The summed E-state index contributed by atoms with van der Waals surface area (Å²) in [5, 5.41) is 7.46. The molecule has 1 aromatic heterocycles. The molecule has 0 saturated carbocycles. The number of primary amides is 2. The van der Waals surface area contributed by atoms with Crippen LogP contribution in [0.4, 0.5) is 0 Å². The lowest BCUT2D eigenvalue weighted by molar-refractivity contribution is -0.117. The first-order valence-electron chi connectivity index (χ1n) is 7.17. The molecule has 2 amide bonds. The van der Waals surface area contributed by atoms with E-state index in [1.165, 1.54) is 0 Å². The molecule has 0 aliphatic rings. The minimum absolute atomic E-state index is 0.00386. The molecule has 0 spiro atoms. The van der Waals surface area contributed by atoms with Gasteiger partial charge in [-0.25, -0.2) is 0 Å². The van der Waals surface area contributed by atoms with E-state index >= 15 is 0 Å². The van der Waals surface area contributed by atoms with Crippen LogP contribution in [0.15, 0.2) is 34.7 Å². The van der Waals surface area contributed by atoms with Gasteiger partial charge in [-0.1, -0.05) is 18.2 Å². The number of aryl methyl sites for hydroxylation is 1. The maximum absolute atomic E-state index is 10.5. The number of hydrogen-bond acceptors (Lipinski definition) is 6. The fourth-order valence-electron chi connectivity index (χ4n) is 1.63. The van der Waals surface area contributed by atoms with Crippen LogP contribution in [0, 0.1) is 0 Å². The lowest BCUT2D eigenvalue weighted by atomic mass is 10.2. The van der Waals surface area contributed by atoms with E-state index in [0.29, 0.717) is 24.4 Å². The Balaban J connectivity index is 0.000000253. The molecule has 0 saturated heterocycles. The predicted octanol–water partition coefficient (Wildman–Crippen LogP) is 0.164. The SMILES string of the molecule is NC(=O)c1ccccc1.NCCCCc1nnc(CC(N)=O)o1. The van der Waals surface area contributed by atoms with Crippen LogP contribution in [0.1, 0.15) is 35.0 Å². The number of nitrogens with two attached hydrogens (primary N) is 3. The first-order chi connectivity index (χ1) is 11.0. The fourth-order valence-corrected chi connectivity index (χ4v) is 1.63. The smallest absolute Gasteiger partial charge is 0.248 e.